The van der Waals surface area contributed by atoms with Crippen LogP contribution in [0.4, 0.5) is 0 Å². The van der Waals surface area contributed by atoms with Crippen LogP contribution in [0.15, 0.2) is 0 Å². The first-order chi connectivity index (χ1) is 4.63. The summed E-state index contributed by atoms with van der Waals surface area (Å²) < 4.78 is 0. The van der Waals surface area contributed by atoms with E-state index in [-0.39, 0.29) is 0 Å². The molecule has 0 aromatic rings. The molecule has 0 unspecified atom stereocenters. The van der Waals surface area contributed by atoms with E-state index in [1.54, 1.807) is 0 Å². The Kier molecular flexibility index (Phi) is 4.94. The van der Waals surface area contributed by atoms with Crippen LogP contribution in [0.1, 0.15) is 27.2 Å². The molecule has 0 spiro atoms. The maximum absolute atomic E-state index is 10.1. The Balaban J connectivity index is 2.98. The highest BCUT2D eigenvalue weighted by molar-refractivity contribution is 5.65. The van der Waals surface area contributed by atoms with Gasteiger partial charge in [0.2, 0.25) is 0 Å². The zero-order valence-electron chi connectivity index (χ0n) is 6.72. The molecular formula is C7H14O3. The third kappa shape index (κ3) is 7.43. The van der Waals surface area contributed by atoms with Crippen molar-refractivity contribution in [1.29, 1.82) is 0 Å². The van der Waals surface area contributed by atoms with Crippen LogP contribution in [0.2, 0.25) is 0 Å². The molecule has 0 aromatic heterocycles. The SMILES string of the molecule is CC(=O)OOCCC(C)C. The molecule has 10 heavy (non-hydrogen) atoms. The van der Waals surface area contributed by atoms with E-state index in [0.717, 1.165) is 6.42 Å². The van der Waals surface area contributed by atoms with Crippen molar-refractivity contribution in [2.75, 3.05) is 6.61 Å². The van der Waals surface area contributed by atoms with Gasteiger partial charge in [0.25, 0.3) is 0 Å². The second-order valence-electron chi connectivity index (χ2n) is 2.58. The van der Waals surface area contributed by atoms with E-state index in [1.165, 1.54) is 6.92 Å². The highest BCUT2D eigenvalue weighted by atomic mass is 17.2. The molecule has 0 aromatic carbocycles. The minimum Gasteiger partial charge on any atom is -0.299 e. The second-order valence-corrected chi connectivity index (χ2v) is 2.58. The van der Waals surface area contributed by atoms with Gasteiger partial charge in [-0.15, -0.1) is 0 Å². The van der Waals surface area contributed by atoms with Crippen LogP contribution < -0.4 is 0 Å². The predicted octanol–water partition coefficient (Wildman–Crippen LogP) is 1.53. The largest absolute Gasteiger partial charge is 0.339 e. The van der Waals surface area contributed by atoms with Gasteiger partial charge in [-0.05, 0) is 12.3 Å². The lowest BCUT2D eigenvalue weighted by Gasteiger charge is -2.02. The van der Waals surface area contributed by atoms with Crippen LogP contribution >= 0.6 is 0 Å². The fraction of sp³-hybridized carbons (Fsp3) is 0.857. The van der Waals surface area contributed by atoms with Crippen molar-refractivity contribution in [1.82, 2.24) is 0 Å². The molecule has 0 amide bonds. The van der Waals surface area contributed by atoms with Gasteiger partial charge in [-0.3, -0.25) is 4.89 Å². The first-order valence-electron chi connectivity index (χ1n) is 3.43. The van der Waals surface area contributed by atoms with E-state index in [2.05, 4.69) is 23.6 Å². The van der Waals surface area contributed by atoms with E-state index >= 15 is 0 Å². The van der Waals surface area contributed by atoms with Gasteiger partial charge < -0.3 is 0 Å². The maximum Gasteiger partial charge on any atom is 0.339 e. The fourth-order valence-corrected chi connectivity index (χ4v) is 0.408. The minimum absolute atomic E-state index is 0.399. The molecule has 0 fully saturated rings. The minimum atomic E-state index is -0.399. The van der Waals surface area contributed by atoms with Gasteiger partial charge in [0.1, 0.15) is 0 Å². The summed E-state index contributed by atoms with van der Waals surface area (Å²) in [6.07, 6.45) is 0.910. The topological polar surface area (TPSA) is 35.5 Å². The monoisotopic (exact) mass is 146 g/mol. The number of rotatable bonds is 4. The fourth-order valence-electron chi connectivity index (χ4n) is 0.408. The Morgan fingerprint density at radius 1 is 1.50 bits per heavy atom. The molecule has 0 aliphatic carbocycles. The summed E-state index contributed by atoms with van der Waals surface area (Å²) >= 11 is 0. The normalized spacial score (nSPS) is 10.0. The Morgan fingerprint density at radius 3 is 2.50 bits per heavy atom. The summed E-state index contributed by atoms with van der Waals surface area (Å²) in [7, 11) is 0. The standard InChI is InChI=1S/C7H14O3/c1-6(2)4-5-9-10-7(3)8/h6H,4-5H2,1-3H3. The summed E-state index contributed by atoms with van der Waals surface area (Å²) in [6, 6.07) is 0. The van der Waals surface area contributed by atoms with E-state index in [4.69, 9.17) is 0 Å². The molecule has 0 aliphatic rings. The summed E-state index contributed by atoms with van der Waals surface area (Å²) in [6.45, 7) is 5.96. The molecule has 0 N–H and O–H groups in total. The first-order valence-corrected chi connectivity index (χ1v) is 3.43. The molecule has 0 saturated heterocycles. The van der Waals surface area contributed by atoms with Crippen LogP contribution in [0.5, 0.6) is 0 Å². The highest BCUT2D eigenvalue weighted by Crippen LogP contribution is 1.98. The lowest BCUT2D eigenvalue weighted by Crippen LogP contribution is -2.03. The Hall–Kier alpha value is -0.570. The van der Waals surface area contributed by atoms with Crippen molar-refractivity contribution >= 4 is 5.97 Å². The summed E-state index contributed by atoms with van der Waals surface area (Å²) in [5.74, 6) is 0.180. The lowest BCUT2D eigenvalue weighted by atomic mass is 10.1. The van der Waals surface area contributed by atoms with Crippen molar-refractivity contribution in [3.05, 3.63) is 0 Å². The zero-order chi connectivity index (χ0) is 7.98. The van der Waals surface area contributed by atoms with Crippen LogP contribution in [-0.4, -0.2) is 12.6 Å². The molecular weight excluding hydrogens is 132 g/mol. The van der Waals surface area contributed by atoms with E-state index in [9.17, 15) is 4.79 Å². The molecule has 3 heteroatoms. The van der Waals surface area contributed by atoms with Crippen LogP contribution in [0.25, 0.3) is 0 Å². The van der Waals surface area contributed by atoms with Gasteiger partial charge in [0.05, 0.1) is 6.61 Å². The molecule has 3 nitrogen and oxygen atoms in total. The van der Waals surface area contributed by atoms with E-state index in [0.29, 0.717) is 12.5 Å². The Labute approximate surface area is 61.2 Å². The summed E-state index contributed by atoms with van der Waals surface area (Å²) in [5, 5.41) is 0. The van der Waals surface area contributed by atoms with Crippen molar-refractivity contribution in [3.63, 3.8) is 0 Å². The second kappa shape index (κ2) is 5.23. The maximum atomic E-state index is 10.1. The average molecular weight is 146 g/mol. The van der Waals surface area contributed by atoms with Crippen LogP contribution in [-0.2, 0) is 14.6 Å². The average Bonchev–Trinajstić information content (AvgIpc) is 1.79. The van der Waals surface area contributed by atoms with Gasteiger partial charge in [-0.1, -0.05) is 13.8 Å². The number of carbonyl (C=O) groups excluding carboxylic acids is 1. The van der Waals surface area contributed by atoms with Gasteiger partial charge in [-0.25, -0.2) is 4.79 Å². The predicted molar refractivity (Wildman–Crippen MR) is 37.2 cm³/mol. The smallest absolute Gasteiger partial charge is 0.299 e. The van der Waals surface area contributed by atoms with Crippen LogP contribution in [0, 0.1) is 5.92 Å². The van der Waals surface area contributed by atoms with Gasteiger partial charge in [0.15, 0.2) is 0 Å². The molecule has 0 aliphatic heterocycles. The third-order valence-corrected chi connectivity index (χ3v) is 0.955. The number of hydrogen-bond donors (Lipinski definition) is 0. The molecule has 0 bridgehead atoms. The van der Waals surface area contributed by atoms with Crippen molar-refractivity contribution in [3.8, 4) is 0 Å². The van der Waals surface area contributed by atoms with Gasteiger partial charge in [-0.2, -0.15) is 4.89 Å². The summed E-state index contributed by atoms with van der Waals surface area (Å²) in [5.41, 5.74) is 0. The van der Waals surface area contributed by atoms with Crippen molar-refractivity contribution in [2.45, 2.75) is 27.2 Å². The number of carbonyl (C=O) groups is 1. The zero-order valence-corrected chi connectivity index (χ0v) is 6.72. The molecule has 0 saturated carbocycles. The summed E-state index contributed by atoms with van der Waals surface area (Å²) in [4.78, 5) is 19.0. The molecule has 60 valence electrons. The van der Waals surface area contributed by atoms with E-state index < -0.39 is 5.97 Å². The molecule has 0 atom stereocenters. The molecule has 0 rings (SSSR count). The van der Waals surface area contributed by atoms with Gasteiger partial charge in [0, 0.05) is 6.92 Å². The molecule has 0 heterocycles. The first kappa shape index (κ1) is 9.43. The van der Waals surface area contributed by atoms with Crippen molar-refractivity contribution < 1.29 is 14.6 Å². The third-order valence-electron chi connectivity index (χ3n) is 0.955. The quantitative estimate of drug-likeness (QED) is 0.343. The Bertz CT molecular complexity index is 99.0. The van der Waals surface area contributed by atoms with Gasteiger partial charge >= 0.3 is 5.97 Å². The molecule has 0 radical (unpaired) electrons. The lowest BCUT2D eigenvalue weighted by molar-refractivity contribution is -0.271. The van der Waals surface area contributed by atoms with Crippen LogP contribution in [0.3, 0.4) is 0 Å². The Morgan fingerprint density at radius 2 is 2.10 bits per heavy atom. The van der Waals surface area contributed by atoms with E-state index in [1.807, 2.05) is 0 Å². The number of hydrogen-bond acceptors (Lipinski definition) is 3. The van der Waals surface area contributed by atoms with Crippen molar-refractivity contribution in [2.24, 2.45) is 5.92 Å². The highest BCUT2D eigenvalue weighted by Gasteiger charge is 1.95.